The minimum Gasteiger partial charge on any atom is -0.378 e. The fourth-order valence-corrected chi connectivity index (χ4v) is 2.24. The molecular weight excluding hydrogens is 164 g/mol. The molecule has 0 aromatic carbocycles. The molecule has 75 valence electrons. The van der Waals surface area contributed by atoms with Crippen LogP contribution >= 0.6 is 0 Å². The van der Waals surface area contributed by atoms with Crippen LogP contribution in [0.3, 0.4) is 0 Å². The van der Waals surface area contributed by atoms with Crippen LogP contribution in [0.5, 0.6) is 0 Å². The fourth-order valence-electron chi connectivity index (χ4n) is 2.24. The van der Waals surface area contributed by atoms with Crippen LogP contribution in [0.2, 0.25) is 0 Å². The first kappa shape index (κ1) is 9.44. The van der Waals surface area contributed by atoms with Gasteiger partial charge in [-0.25, -0.2) is 5.32 Å². The predicted octanol–water partition coefficient (Wildman–Crippen LogP) is 0.378. The first-order valence-corrected chi connectivity index (χ1v) is 5.37. The molecule has 0 amide bonds. The lowest BCUT2D eigenvalue weighted by atomic mass is 9.93. The maximum absolute atomic E-state index is 5.68. The van der Waals surface area contributed by atoms with Crippen LogP contribution in [0, 0.1) is 5.92 Å². The molecule has 2 aliphatic heterocycles. The van der Waals surface area contributed by atoms with Gasteiger partial charge in [-0.2, -0.15) is 0 Å². The number of nitrogens with zero attached hydrogens (tertiary/aromatic N) is 1. The van der Waals surface area contributed by atoms with E-state index in [0.717, 1.165) is 26.2 Å². The highest BCUT2D eigenvalue weighted by Crippen LogP contribution is 2.23. The molecule has 1 radical (unpaired) electrons. The fraction of sp³-hybridized carbons (Fsp3) is 1.00. The molecule has 3 atom stereocenters. The van der Waals surface area contributed by atoms with Crippen molar-refractivity contribution in [1.82, 2.24) is 10.6 Å². The smallest absolute Gasteiger partial charge is 0.0617 e. The van der Waals surface area contributed by atoms with Crippen molar-refractivity contribution in [3.8, 4) is 0 Å². The van der Waals surface area contributed by atoms with Crippen molar-refractivity contribution in [3.05, 3.63) is 0 Å². The summed E-state index contributed by atoms with van der Waals surface area (Å²) in [5, 5.41) is 8.02. The van der Waals surface area contributed by atoms with Crippen molar-refractivity contribution in [2.24, 2.45) is 5.92 Å². The molecule has 2 rings (SSSR count). The van der Waals surface area contributed by atoms with Crippen molar-refractivity contribution in [2.45, 2.75) is 31.9 Å². The summed E-state index contributed by atoms with van der Waals surface area (Å²) in [7, 11) is 0. The molecule has 3 nitrogen and oxygen atoms in total. The number of rotatable bonds is 2. The summed E-state index contributed by atoms with van der Waals surface area (Å²) in [6.07, 6.45) is 2.93. The van der Waals surface area contributed by atoms with E-state index in [1.165, 1.54) is 12.8 Å². The minimum atomic E-state index is 0.466. The highest BCUT2D eigenvalue weighted by molar-refractivity contribution is 4.85. The van der Waals surface area contributed by atoms with Gasteiger partial charge in [-0.15, -0.1) is 0 Å². The van der Waals surface area contributed by atoms with Gasteiger partial charge in [0.15, 0.2) is 0 Å². The number of piperazine rings is 1. The summed E-state index contributed by atoms with van der Waals surface area (Å²) in [6, 6.07) is 0.483. The Hall–Kier alpha value is -0.120. The van der Waals surface area contributed by atoms with E-state index in [1.807, 2.05) is 0 Å². The van der Waals surface area contributed by atoms with Crippen LogP contribution < -0.4 is 10.6 Å². The third kappa shape index (κ3) is 2.22. The lowest BCUT2D eigenvalue weighted by Gasteiger charge is -2.31. The van der Waals surface area contributed by atoms with Gasteiger partial charge in [0.05, 0.1) is 6.10 Å². The molecule has 13 heavy (non-hydrogen) atoms. The van der Waals surface area contributed by atoms with Gasteiger partial charge in [0.25, 0.3) is 0 Å². The number of ether oxygens (including phenoxy) is 1. The maximum Gasteiger partial charge on any atom is 0.0617 e. The molecule has 3 heteroatoms. The summed E-state index contributed by atoms with van der Waals surface area (Å²) in [5.74, 6) is 0.593. The Kier molecular flexibility index (Phi) is 3.19. The van der Waals surface area contributed by atoms with Gasteiger partial charge >= 0.3 is 0 Å². The quantitative estimate of drug-likeness (QED) is 0.671. The molecule has 0 spiro atoms. The standard InChI is InChI=1S/C10H19N2O/c1-8(10-3-2-6-13-10)9-7-11-4-5-12-9/h8-11H,2-7H2,1H3. The second kappa shape index (κ2) is 4.40. The monoisotopic (exact) mass is 183 g/mol. The van der Waals surface area contributed by atoms with Gasteiger partial charge in [-0.1, -0.05) is 6.92 Å². The zero-order chi connectivity index (χ0) is 9.10. The average Bonchev–Trinajstić information content (AvgIpc) is 2.71. The van der Waals surface area contributed by atoms with Crippen molar-refractivity contribution in [3.63, 3.8) is 0 Å². The van der Waals surface area contributed by atoms with E-state index in [-0.39, 0.29) is 0 Å². The van der Waals surface area contributed by atoms with Crippen molar-refractivity contribution >= 4 is 0 Å². The summed E-state index contributed by atoms with van der Waals surface area (Å²) >= 11 is 0. The van der Waals surface area contributed by atoms with Crippen LogP contribution in [0.1, 0.15) is 19.8 Å². The lowest BCUT2D eigenvalue weighted by molar-refractivity contribution is 0.0511. The first-order chi connectivity index (χ1) is 6.38. The van der Waals surface area contributed by atoms with Crippen LogP contribution in [-0.2, 0) is 4.74 Å². The Morgan fingerprint density at radius 3 is 3.08 bits per heavy atom. The number of nitrogens with one attached hydrogen (secondary N) is 1. The van der Waals surface area contributed by atoms with Gasteiger partial charge in [-0.3, -0.25) is 0 Å². The normalized spacial score (nSPS) is 37.6. The van der Waals surface area contributed by atoms with Crippen LogP contribution in [-0.4, -0.2) is 38.4 Å². The highest BCUT2D eigenvalue weighted by Gasteiger charge is 2.30. The molecule has 0 bridgehead atoms. The largest absolute Gasteiger partial charge is 0.378 e. The van der Waals surface area contributed by atoms with Crippen LogP contribution in [0.15, 0.2) is 0 Å². The molecule has 2 heterocycles. The van der Waals surface area contributed by atoms with E-state index in [4.69, 9.17) is 4.74 Å². The maximum atomic E-state index is 5.68. The van der Waals surface area contributed by atoms with Crippen molar-refractivity contribution in [2.75, 3.05) is 26.2 Å². The lowest BCUT2D eigenvalue weighted by Crippen LogP contribution is -2.49. The molecular formula is C10H19N2O. The Morgan fingerprint density at radius 2 is 2.46 bits per heavy atom. The molecule has 0 aliphatic carbocycles. The van der Waals surface area contributed by atoms with Crippen LogP contribution in [0.4, 0.5) is 0 Å². The Labute approximate surface area is 80.2 Å². The second-order valence-electron chi connectivity index (χ2n) is 4.09. The Balaban J connectivity index is 1.83. The van der Waals surface area contributed by atoms with Crippen molar-refractivity contribution < 1.29 is 4.74 Å². The van der Waals surface area contributed by atoms with E-state index in [9.17, 15) is 0 Å². The van der Waals surface area contributed by atoms with E-state index in [0.29, 0.717) is 18.1 Å². The predicted molar refractivity (Wildman–Crippen MR) is 51.8 cm³/mol. The van der Waals surface area contributed by atoms with Gasteiger partial charge in [0, 0.05) is 38.2 Å². The summed E-state index contributed by atoms with van der Waals surface area (Å²) in [4.78, 5) is 0. The molecule has 2 saturated heterocycles. The van der Waals surface area contributed by atoms with E-state index in [1.54, 1.807) is 0 Å². The molecule has 0 aromatic heterocycles. The summed E-state index contributed by atoms with van der Waals surface area (Å²) < 4.78 is 5.68. The molecule has 2 aliphatic rings. The zero-order valence-corrected chi connectivity index (χ0v) is 8.33. The van der Waals surface area contributed by atoms with Gasteiger partial charge in [-0.05, 0) is 12.8 Å². The molecule has 0 aromatic rings. The highest BCUT2D eigenvalue weighted by atomic mass is 16.5. The van der Waals surface area contributed by atoms with Gasteiger partial charge < -0.3 is 10.1 Å². The minimum absolute atomic E-state index is 0.466. The van der Waals surface area contributed by atoms with Crippen molar-refractivity contribution in [1.29, 1.82) is 0 Å². The van der Waals surface area contributed by atoms with E-state index < -0.39 is 0 Å². The van der Waals surface area contributed by atoms with Crippen LogP contribution in [0.25, 0.3) is 0 Å². The van der Waals surface area contributed by atoms with Gasteiger partial charge in [0.1, 0.15) is 0 Å². The van der Waals surface area contributed by atoms with E-state index >= 15 is 0 Å². The Bertz CT molecular complexity index is 151. The molecule has 0 saturated carbocycles. The second-order valence-corrected chi connectivity index (χ2v) is 4.09. The molecule has 3 unspecified atom stereocenters. The molecule has 1 N–H and O–H groups in total. The number of hydrogen-bond donors (Lipinski definition) is 1. The van der Waals surface area contributed by atoms with E-state index in [2.05, 4.69) is 17.6 Å². The van der Waals surface area contributed by atoms with Gasteiger partial charge in [0.2, 0.25) is 0 Å². The summed E-state index contributed by atoms with van der Waals surface area (Å²) in [6.45, 7) is 6.30. The topological polar surface area (TPSA) is 35.4 Å². The molecule has 2 fully saturated rings. The average molecular weight is 183 g/mol. The number of hydrogen-bond acceptors (Lipinski definition) is 2. The summed E-state index contributed by atoms with van der Waals surface area (Å²) in [5.41, 5.74) is 0. The zero-order valence-electron chi connectivity index (χ0n) is 8.33. The third-order valence-electron chi connectivity index (χ3n) is 3.16. The third-order valence-corrected chi connectivity index (χ3v) is 3.16. The Morgan fingerprint density at radius 1 is 1.54 bits per heavy atom. The SMILES string of the molecule is CC(C1CNCC[N]1)C1CCCO1. The first-order valence-electron chi connectivity index (χ1n) is 5.37.